The molecule has 1 heterocycles. The van der Waals surface area contributed by atoms with Crippen LogP contribution in [0.5, 0.6) is 5.75 Å². The predicted molar refractivity (Wildman–Crippen MR) is 82.1 cm³/mol. The summed E-state index contributed by atoms with van der Waals surface area (Å²) in [5, 5.41) is 0. The minimum absolute atomic E-state index is 0.298. The van der Waals surface area contributed by atoms with E-state index >= 15 is 0 Å². The van der Waals surface area contributed by atoms with Crippen LogP contribution < -0.4 is 16.0 Å². The lowest BCUT2D eigenvalue weighted by Crippen LogP contribution is -2.50. The van der Waals surface area contributed by atoms with Crippen molar-refractivity contribution in [3.05, 3.63) is 29.8 Å². The molecule has 1 fully saturated rings. The number of nitrogens with one attached hydrogen (secondary N) is 1. The average molecular weight is 292 g/mol. The summed E-state index contributed by atoms with van der Waals surface area (Å²) in [5.74, 6) is 5.56. The zero-order valence-electron chi connectivity index (χ0n) is 12.7. The summed E-state index contributed by atoms with van der Waals surface area (Å²) in [6.45, 7) is 7.08. The van der Waals surface area contributed by atoms with Crippen molar-refractivity contribution in [3.8, 4) is 5.75 Å². The van der Waals surface area contributed by atoms with Gasteiger partial charge in [-0.2, -0.15) is 0 Å². The molecule has 0 saturated carbocycles. The molecule has 0 spiro atoms. The summed E-state index contributed by atoms with van der Waals surface area (Å²) < 4.78 is 5.72. The highest BCUT2D eigenvalue weighted by atomic mass is 16.5. The molecule has 1 saturated heterocycles. The maximum atomic E-state index is 11.3. The molecule has 1 unspecified atom stereocenters. The van der Waals surface area contributed by atoms with Crippen molar-refractivity contribution in [1.82, 2.24) is 15.2 Å². The number of hydrazine groups is 1. The van der Waals surface area contributed by atoms with Crippen molar-refractivity contribution in [3.63, 3.8) is 0 Å². The Morgan fingerprint density at radius 3 is 2.71 bits per heavy atom. The molecular formula is C15H24N4O2. The van der Waals surface area contributed by atoms with Crippen molar-refractivity contribution in [2.24, 2.45) is 5.84 Å². The van der Waals surface area contributed by atoms with Crippen LogP contribution >= 0.6 is 0 Å². The number of nitrogens with zero attached hydrogens (tertiary/aromatic N) is 2. The van der Waals surface area contributed by atoms with E-state index < -0.39 is 0 Å². The number of amides is 1. The highest BCUT2D eigenvalue weighted by molar-refractivity contribution is 5.93. The summed E-state index contributed by atoms with van der Waals surface area (Å²) in [4.78, 5) is 16.1. The third kappa shape index (κ3) is 4.42. The zero-order chi connectivity index (χ0) is 15.2. The van der Waals surface area contributed by atoms with Crippen LogP contribution in [0.2, 0.25) is 0 Å². The van der Waals surface area contributed by atoms with Gasteiger partial charge in [-0.1, -0.05) is 0 Å². The van der Waals surface area contributed by atoms with E-state index in [4.69, 9.17) is 10.6 Å². The molecule has 1 aromatic rings. The number of piperazine rings is 1. The Hall–Kier alpha value is -1.63. The Labute approximate surface area is 125 Å². The maximum absolute atomic E-state index is 11.3. The third-order valence-electron chi connectivity index (χ3n) is 3.97. The Morgan fingerprint density at radius 2 is 2.10 bits per heavy atom. The molecule has 3 N–H and O–H groups in total. The van der Waals surface area contributed by atoms with Gasteiger partial charge in [0.15, 0.2) is 0 Å². The minimum Gasteiger partial charge on any atom is -0.492 e. The average Bonchev–Trinajstić information content (AvgIpc) is 2.51. The van der Waals surface area contributed by atoms with Gasteiger partial charge in [0.25, 0.3) is 5.91 Å². The van der Waals surface area contributed by atoms with E-state index in [0.29, 0.717) is 18.2 Å². The number of likely N-dealkylation sites (N-methyl/N-ethyl adjacent to an activating group) is 1. The molecule has 0 radical (unpaired) electrons. The molecule has 1 aliphatic rings. The third-order valence-corrected chi connectivity index (χ3v) is 3.97. The number of carbonyl (C=O) groups excluding carboxylic acids is 1. The normalized spacial score (nSPS) is 20.2. The number of carbonyl (C=O) groups is 1. The summed E-state index contributed by atoms with van der Waals surface area (Å²) >= 11 is 0. The second kappa shape index (κ2) is 7.40. The van der Waals surface area contributed by atoms with Crippen LogP contribution in [0.4, 0.5) is 0 Å². The molecule has 21 heavy (non-hydrogen) atoms. The van der Waals surface area contributed by atoms with Crippen LogP contribution in [0.25, 0.3) is 0 Å². The van der Waals surface area contributed by atoms with Crippen molar-refractivity contribution in [1.29, 1.82) is 0 Å². The van der Waals surface area contributed by atoms with Gasteiger partial charge in [-0.15, -0.1) is 0 Å². The largest absolute Gasteiger partial charge is 0.492 e. The van der Waals surface area contributed by atoms with Gasteiger partial charge < -0.3 is 9.64 Å². The first-order valence-electron chi connectivity index (χ1n) is 7.26. The van der Waals surface area contributed by atoms with Gasteiger partial charge in [-0.3, -0.25) is 15.1 Å². The second-order valence-corrected chi connectivity index (χ2v) is 5.48. The summed E-state index contributed by atoms with van der Waals surface area (Å²) in [7, 11) is 2.16. The standard InChI is InChI=1S/C15H24N4O2/c1-12-11-19(8-7-18(12)2)9-10-21-14-5-3-13(4-6-14)15(20)17-16/h3-6,12H,7-11,16H2,1-2H3,(H,17,20). The molecule has 1 atom stereocenters. The number of nitrogen functional groups attached to an aromatic ring is 1. The molecule has 116 valence electrons. The molecule has 1 aliphatic heterocycles. The van der Waals surface area contributed by atoms with Crippen LogP contribution in [0.3, 0.4) is 0 Å². The lowest BCUT2D eigenvalue weighted by atomic mass is 10.2. The Morgan fingerprint density at radius 1 is 1.38 bits per heavy atom. The quantitative estimate of drug-likeness (QED) is 0.464. The van der Waals surface area contributed by atoms with E-state index in [-0.39, 0.29) is 5.91 Å². The molecule has 0 bridgehead atoms. The molecule has 6 heteroatoms. The van der Waals surface area contributed by atoms with E-state index in [1.54, 1.807) is 24.3 Å². The molecule has 1 amide bonds. The monoisotopic (exact) mass is 292 g/mol. The number of hydrogen-bond donors (Lipinski definition) is 2. The molecular weight excluding hydrogens is 268 g/mol. The number of benzene rings is 1. The van der Waals surface area contributed by atoms with Crippen molar-refractivity contribution < 1.29 is 9.53 Å². The first-order chi connectivity index (χ1) is 10.1. The van der Waals surface area contributed by atoms with Crippen molar-refractivity contribution in [2.45, 2.75) is 13.0 Å². The molecule has 6 nitrogen and oxygen atoms in total. The zero-order valence-corrected chi connectivity index (χ0v) is 12.7. The van der Waals surface area contributed by atoms with Gasteiger partial charge in [-0.05, 0) is 38.2 Å². The predicted octanol–water partition coefficient (Wildman–Crippen LogP) is 0.305. The molecule has 0 aliphatic carbocycles. The van der Waals surface area contributed by atoms with Crippen LogP contribution in [-0.4, -0.2) is 61.6 Å². The van der Waals surface area contributed by atoms with Crippen LogP contribution in [0, 0.1) is 0 Å². The second-order valence-electron chi connectivity index (χ2n) is 5.48. The van der Waals surface area contributed by atoms with E-state index in [2.05, 4.69) is 29.2 Å². The number of hydrogen-bond acceptors (Lipinski definition) is 5. The smallest absolute Gasteiger partial charge is 0.265 e. The summed E-state index contributed by atoms with van der Waals surface area (Å²) in [6.07, 6.45) is 0. The fourth-order valence-corrected chi connectivity index (χ4v) is 2.41. The van der Waals surface area contributed by atoms with E-state index in [1.807, 2.05) is 0 Å². The highest BCUT2D eigenvalue weighted by Crippen LogP contribution is 2.12. The summed E-state index contributed by atoms with van der Waals surface area (Å²) in [6, 6.07) is 7.58. The lowest BCUT2D eigenvalue weighted by Gasteiger charge is -2.37. The van der Waals surface area contributed by atoms with Gasteiger partial charge in [-0.25, -0.2) is 5.84 Å². The van der Waals surface area contributed by atoms with E-state index in [9.17, 15) is 4.79 Å². The van der Waals surface area contributed by atoms with E-state index in [1.165, 1.54) is 0 Å². The SMILES string of the molecule is CC1CN(CCOc2ccc(C(=O)NN)cc2)CCN1C. The van der Waals surface area contributed by atoms with Gasteiger partial charge in [0.2, 0.25) is 0 Å². The molecule has 1 aromatic carbocycles. The number of ether oxygens (including phenoxy) is 1. The Balaban J connectivity index is 1.75. The van der Waals surface area contributed by atoms with Crippen LogP contribution in [0.1, 0.15) is 17.3 Å². The highest BCUT2D eigenvalue weighted by Gasteiger charge is 2.19. The minimum atomic E-state index is -0.298. The first kappa shape index (κ1) is 15.8. The Bertz CT molecular complexity index is 463. The lowest BCUT2D eigenvalue weighted by molar-refractivity contribution is 0.0927. The van der Waals surface area contributed by atoms with Gasteiger partial charge in [0.1, 0.15) is 12.4 Å². The van der Waals surface area contributed by atoms with Crippen LogP contribution in [-0.2, 0) is 0 Å². The first-order valence-corrected chi connectivity index (χ1v) is 7.26. The maximum Gasteiger partial charge on any atom is 0.265 e. The van der Waals surface area contributed by atoms with Crippen molar-refractivity contribution in [2.75, 3.05) is 39.8 Å². The Kier molecular flexibility index (Phi) is 5.55. The molecule has 0 aromatic heterocycles. The van der Waals surface area contributed by atoms with Crippen molar-refractivity contribution >= 4 is 5.91 Å². The van der Waals surface area contributed by atoms with Gasteiger partial charge in [0.05, 0.1) is 0 Å². The van der Waals surface area contributed by atoms with Crippen LogP contribution in [0.15, 0.2) is 24.3 Å². The topological polar surface area (TPSA) is 70.8 Å². The van der Waals surface area contributed by atoms with E-state index in [0.717, 1.165) is 31.9 Å². The number of nitrogens with two attached hydrogens (primary N) is 1. The number of rotatable bonds is 5. The van der Waals surface area contributed by atoms with Gasteiger partial charge >= 0.3 is 0 Å². The molecule has 2 rings (SSSR count). The fraction of sp³-hybridized carbons (Fsp3) is 0.533. The van der Waals surface area contributed by atoms with Gasteiger partial charge in [0, 0.05) is 37.8 Å². The fourth-order valence-electron chi connectivity index (χ4n) is 2.41. The summed E-state index contributed by atoms with van der Waals surface area (Å²) in [5.41, 5.74) is 2.63.